The zero-order valence-corrected chi connectivity index (χ0v) is 51.1. The fraction of sp³-hybridized carbons (Fsp3) is 0.746. The molecule has 0 spiro atoms. The monoisotopic (exact) mass is 1080 g/mol. The van der Waals surface area contributed by atoms with E-state index >= 15 is 0 Å². The quantitative estimate of drug-likeness (QED) is 0.0243. The van der Waals surface area contributed by atoms with Gasteiger partial charge in [0.25, 0.3) is 0 Å². The topological polar surface area (TPSA) is 105 Å². The van der Waals surface area contributed by atoms with Crippen LogP contribution in [-0.2, 0) is 18.4 Å². The molecule has 0 aromatic carbocycles. The van der Waals surface area contributed by atoms with E-state index in [9.17, 15) is 19.4 Å². The van der Waals surface area contributed by atoms with E-state index < -0.39 is 20.0 Å². The van der Waals surface area contributed by atoms with Gasteiger partial charge in [-0.2, -0.15) is 0 Å². The van der Waals surface area contributed by atoms with Gasteiger partial charge in [-0.25, -0.2) is 4.57 Å². The van der Waals surface area contributed by atoms with Gasteiger partial charge in [-0.05, 0) is 83.5 Å². The Labute approximate surface area is 470 Å². The van der Waals surface area contributed by atoms with Crippen molar-refractivity contribution >= 4 is 13.7 Å². The second-order valence-corrected chi connectivity index (χ2v) is 23.8. The number of likely N-dealkylation sites (N-methyl/N-ethyl adjacent to an activating group) is 1. The number of phosphoric ester groups is 1. The van der Waals surface area contributed by atoms with Crippen LogP contribution in [0.25, 0.3) is 0 Å². The summed E-state index contributed by atoms with van der Waals surface area (Å²) in [6.45, 7) is 4.70. The first-order valence-electron chi connectivity index (χ1n) is 31.6. The highest BCUT2D eigenvalue weighted by Gasteiger charge is 2.27. The Morgan fingerprint density at radius 3 is 1.21 bits per heavy atom. The lowest BCUT2D eigenvalue weighted by atomic mass is 10.0. The van der Waals surface area contributed by atoms with E-state index in [1.807, 2.05) is 27.2 Å². The third kappa shape index (κ3) is 59.1. The summed E-state index contributed by atoms with van der Waals surface area (Å²) in [5.41, 5.74) is 0. The second-order valence-electron chi connectivity index (χ2n) is 22.4. The highest BCUT2D eigenvalue weighted by Crippen LogP contribution is 2.43. The number of quaternary nitrogens is 1. The SMILES string of the molecule is CC/C=C\C/C=C\C/C=C\C/C=C\C/C=C\C/C=C\CCCCCCCCCCCCCCCCC(=O)NC(COP(=O)(O)OCC[N+](C)(C)C)C(O)/C=C/CC/C=C/CCCCCCCCCCCCCCCCC. The number of aliphatic hydroxyl groups excluding tert-OH is 1. The van der Waals surface area contributed by atoms with E-state index in [0.29, 0.717) is 17.4 Å². The van der Waals surface area contributed by atoms with Crippen molar-refractivity contribution in [2.45, 2.75) is 283 Å². The van der Waals surface area contributed by atoms with E-state index in [1.54, 1.807) is 6.08 Å². The molecular weight excluding hydrogens is 960 g/mol. The van der Waals surface area contributed by atoms with Crippen LogP contribution in [0.5, 0.6) is 0 Å². The van der Waals surface area contributed by atoms with Gasteiger partial charge in [0.1, 0.15) is 13.2 Å². The van der Waals surface area contributed by atoms with Gasteiger partial charge in [0, 0.05) is 6.42 Å². The maximum Gasteiger partial charge on any atom is 0.472 e. The van der Waals surface area contributed by atoms with Gasteiger partial charge in [0.2, 0.25) is 5.91 Å². The number of hydrogen-bond donors (Lipinski definition) is 3. The van der Waals surface area contributed by atoms with Gasteiger partial charge in [-0.15, -0.1) is 0 Å². The number of rotatable bonds is 57. The molecule has 0 bridgehead atoms. The van der Waals surface area contributed by atoms with E-state index in [1.165, 1.54) is 173 Å². The number of carbonyl (C=O) groups excluding carboxylic acids is 1. The number of carbonyl (C=O) groups is 1. The van der Waals surface area contributed by atoms with E-state index in [4.69, 9.17) is 9.05 Å². The van der Waals surface area contributed by atoms with Crippen molar-refractivity contribution in [3.05, 3.63) is 97.2 Å². The zero-order valence-electron chi connectivity index (χ0n) is 50.2. The minimum absolute atomic E-state index is 0.0530. The number of nitrogens with zero attached hydrogens (tertiary/aromatic N) is 1. The van der Waals surface area contributed by atoms with Crippen molar-refractivity contribution in [2.24, 2.45) is 0 Å². The average molecular weight is 1080 g/mol. The van der Waals surface area contributed by atoms with Crippen LogP contribution in [0.15, 0.2) is 97.2 Å². The lowest BCUT2D eigenvalue weighted by molar-refractivity contribution is -0.870. The average Bonchev–Trinajstić information content (AvgIpc) is 3.38. The summed E-state index contributed by atoms with van der Waals surface area (Å²) >= 11 is 0. The van der Waals surface area contributed by atoms with Gasteiger partial charge in [0.15, 0.2) is 0 Å². The molecule has 0 aliphatic rings. The standard InChI is InChI=1S/C67H121N2O6P/c1-6-8-10-12-14-16-18-20-22-24-26-28-29-30-31-32-33-34-35-36-37-38-39-41-43-45-47-49-51-53-55-57-59-61-67(71)68-65(64-75-76(72,73)74-63-62-69(3,4)5)66(70)60-58-56-54-52-50-48-46-44-42-40-27-25-23-21-19-17-15-13-11-9-7-2/h8,10,14,16,20,22,26,28,30-31,33-34,50,52,58,60,65-66,70H,6-7,9,11-13,15,17-19,21,23-25,27,29,32,35-49,51,53-57,59,61-64H2,1-5H3,(H-,68,71,72,73)/p+1/b10-8-,16-14-,22-20-,28-26-,31-30-,34-33-,52-50+,60-58+. The van der Waals surface area contributed by atoms with Gasteiger partial charge >= 0.3 is 7.82 Å². The molecule has 0 heterocycles. The van der Waals surface area contributed by atoms with E-state index in [2.05, 4.69) is 104 Å². The molecule has 0 aromatic rings. The third-order valence-corrected chi connectivity index (χ3v) is 14.8. The second kappa shape index (κ2) is 57.1. The van der Waals surface area contributed by atoms with Crippen LogP contribution in [0.4, 0.5) is 0 Å². The van der Waals surface area contributed by atoms with Crippen LogP contribution in [0.3, 0.4) is 0 Å². The molecule has 3 N–H and O–H groups in total. The summed E-state index contributed by atoms with van der Waals surface area (Å²) in [5.74, 6) is -0.189. The minimum Gasteiger partial charge on any atom is -0.387 e. The van der Waals surface area contributed by atoms with Crippen molar-refractivity contribution in [2.75, 3.05) is 40.9 Å². The fourth-order valence-corrected chi connectivity index (χ4v) is 9.62. The molecule has 76 heavy (non-hydrogen) atoms. The summed E-state index contributed by atoms with van der Waals surface area (Å²) in [4.78, 5) is 23.4. The number of phosphoric acid groups is 1. The first-order chi connectivity index (χ1) is 37.0. The van der Waals surface area contributed by atoms with E-state index in [-0.39, 0.29) is 19.1 Å². The molecule has 1 amide bonds. The maximum atomic E-state index is 13.0. The summed E-state index contributed by atoms with van der Waals surface area (Å²) in [6, 6.07) is -0.870. The Morgan fingerprint density at radius 1 is 0.461 bits per heavy atom. The van der Waals surface area contributed by atoms with Crippen molar-refractivity contribution in [3.8, 4) is 0 Å². The molecule has 0 rings (SSSR count). The zero-order chi connectivity index (χ0) is 55.6. The molecule has 440 valence electrons. The van der Waals surface area contributed by atoms with Gasteiger partial charge in [-0.1, -0.05) is 278 Å². The minimum atomic E-state index is -4.36. The number of unbranched alkanes of at least 4 members (excludes halogenated alkanes) is 30. The van der Waals surface area contributed by atoms with Gasteiger partial charge < -0.3 is 19.8 Å². The number of amides is 1. The molecule has 9 heteroatoms. The van der Waals surface area contributed by atoms with Crippen molar-refractivity contribution in [1.82, 2.24) is 5.32 Å². The van der Waals surface area contributed by atoms with Crippen molar-refractivity contribution in [3.63, 3.8) is 0 Å². The molecule has 0 radical (unpaired) electrons. The van der Waals surface area contributed by atoms with Gasteiger partial charge in [0.05, 0.1) is 39.9 Å². The number of aliphatic hydroxyl groups is 1. The molecule has 0 aliphatic heterocycles. The predicted octanol–water partition coefficient (Wildman–Crippen LogP) is 19.8. The number of allylic oxidation sites excluding steroid dienone is 15. The van der Waals surface area contributed by atoms with Crippen molar-refractivity contribution in [1.29, 1.82) is 0 Å². The lowest BCUT2D eigenvalue weighted by Crippen LogP contribution is -2.45. The third-order valence-electron chi connectivity index (χ3n) is 13.8. The molecule has 0 aromatic heterocycles. The Bertz CT molecular complexity index is 1560. The maximum absolute atomic E-state index is 13.0. The lowest BCUT2D eigenvalue weighted by Gasteiger charge is -2.25. The summed E-state index contributed by atoms with van der Waals surface area (Å²) in [7, 11) is 1.55. The summed E-state index contributed by atoms with van der Waals surface area (Å²) in [5, 5.41) is 13.9. The summed E-state index contributed by atoms with van der Waals surface area (Å²) < 4.78 is 23.7. The van der Waals surface area contributed by atoms with Crippen LogP contribution in [0.2, 0.25) is 0 Å². The van der Waals surface area contributed by atoms with Gasteiger partial charge in [-0.3, -0.25) is 13.8 Å². The fourth-order valence-electron chi connectivity index (χ4n) is 8.89. The summed E-state index contributed by atoms with van der Waals surface area (Å²) in [6.07, 6.45) is 82.4. The normalized spacial score (nSPS) is 14.5. The molecule has 8 nitrogen and oxygen atoms in total. The predicted molar refractivity (Wildman–Crippen MR) is 332 cm³/mol. The number of hydrogen-bond acceptors (Lipinski definition) is 5. The molecule has 0 fully saturated rings. The Balaban J connectivity index is 4.16. The molecular formula is C67H122N2O6P+. The molecule has 3 atom stereocenters. The molecule has 0 saturated carbocycles. The first kappa shape index (κ1) is 73.4. The van der Waals surface area contributed by atoms with Crippen LogP contribution in [-0.4, -0.2) is 73.4 Å². The van der Waals surface area contributed by atoms with Crippen LogP contribution >= 0.6 is 7.82 Å². The van der Waals surface area contributed by atoms with E-state index in [0.717, 1.165) is 77.0 Å². The molecule has 0 saturated heterocycles. The largest absolute Gasteiger partial charge is 0.472 e. The van der Waals surface area contributed by atoms with Crippen molar-refractivity contribution < 1.29 is 32.9 Å². The molecule has 3 unspecified atom stereocenters. The smallest absolute Gasteiger partial charge is 0.387 e. The number of nitrogens with one attached hydrogen (secondary N) is 1. The van der Waals surface area contributed by atoms with Crippen LogP contribution in [0.1, 0.15) is 271 Å². The Morgan fingerprint density at radius 2 is 0.803 bits per heavy atom. The molecule has 0 aliphatic carbocycles. The Kier molecular flexibility index (Phi) is 55.2. The highest BCUT2D eigenvalue weighted by atomic mass is 31.2. The van der Waals surface area contributed by atoms with Crippen LogP contribution in [0, 0.1) is 0 Å². The first-order valence-corrected chi connectivity index (χ1v) is 33.1. The Hall–Kier alpha value is -2.58. The highest BCUT2D eigenvalue weighted by molar-refractivity contribution is 7.47. The van der Waals surface area contributed by atoms with Crippen LogP contribution < -0.4 is 5.32 Å².